The first-order valence-electron chi connectivity index (χ1n) is 9.19. The molecule has 1 aromatic carbocycles. The standard InChI is InChI=1S/C19H21N3O4S2/c23-18-17-12-16(3-2-14(17)4-6-20-18)28(25,26)22-8-1-7-21(9-10-22)19(24)15-5-11-27-13-15/h2-3,5,11-13H,1,4,6-10H2,(H,20,23). The molecule has 2 aromatic rings. The highest BCUT2D eigenvalue weighted by Crippen LogP contribution is 2.23. The van der Waals surface area contributed by atoms with E-state index >= 15 is 0 Å². The van der Waals surface area contributed by atoms with Crippen LogP contribution in [0.15, 0.2) is 39.9 Å². The van der Waals surface area contributed by atoms with Crippen molar-refractivity contribution in [2.75, 3.05) is 32.7 Å². The van der Waals surface area contributed by atoms with Crippen molar-refractivity contribution < 1.29 is 18.0 Å². The van der Waals surface area contributed by atoms with E-state index in [0.29, 0.717) is 50.1 Å². The molecule has 4 rings (SSSR count). The second kappa shape index (κ2) is 7.65. The van der Waals surface area contributed by atoms with Crippen molar-refractivity contribution in [3.05, 3.63) is 51.7 Å². The number of carbonyl (C=O) groups is 2. The van der Waals surface area contributed by atoms with E-state index in [1.54, 1.807) is 28.5 Å². The third-order valence-electron chi connectivity index (χ3n) is 5.15. The Bertz CT molecular complexity index is 1000. The number of thiophene rings is 1. The quantitative estimate of drug-likeness (QED) is 0.818. The molecule has 148 valence electrons. The highest BCUT2D eigenvalue weighted by atomic mass is 32.2. The summed E-state index contributed by atoms with van der Waals surface area (Å²) in [6.45, 7) is 2.02. The van der Waals surface area contributed by atoms with Crippen molar-refractivity contribution in [3.8, 4) is 0 Å². The van der Waals surface area contributed by atoms with Crippen molar-refractivity contribution in [3.63, 3.8) is 0 Å². The van der Waals surface area contributed by atoms with Crippen LogP contribution in [0.4, 0.5) is 0 Å². The third kappa shape index (κ3) is 3.57. The van der Waals surface area contributed by atoms with Gasteiger partial charge in [-0.1, -0.05) is 6.07 Å². The molecule has 9 heteroatoms. The first-order chi connectivity index (χ1) is 13.5. The molecule has 1 aromatic heterocycles. The molecular formula is C19H21N3O4S2. The Hall–Kier alpha value is -2.23. The summed E-state index contributed by atoms with van der Waals surface area (Å²) in [5.74, 6) is -0.298. The Morgan fingerprint density at radius 2 is 1.96 bits per heavy atom. The number of carbonyl (C=O) groups excluding carboxylic acids is 2. The molecule has 28 heavy (non-hydrogen) atoms. The highest BCUT2D eigenvalue weighted by molar-refractivity contribution is 7.89. The largest absolute Gasteiger partial charge is 0.352 e. The highest BCUT2D eigenvalue weighted by Gasteiger charge is 2.30. The Labute approximate surface area is 168 Å². The molecule has 2 aliphatic rings. The van der Waals surface area contributed by atoms with E-state index in [1.165, 1.54) is 21.7 Å². The zero-order chi connectivity index (χ0) is 19.7. The van der Waals surface area contributed by atoms with Crippen molar-refractivity contribution in [1.82, 2.24) is 14.5 Å². The average Bonchev–Trinajstić information content (AvgIpc) is 3.11. The number of rotatable bonds is 3. The van der Waals surface area contributed by atoms with E-state index in [9.17, 15) is 18.0 Å². The van der Waals surface area contributed by atoms with Gasteiger partial charge in [0.05, 0.1) is 10.5 Å². The summed E-state index contributed by atoms with van der Waals surface area (Å²) in [5, 5.41) is 6.41. The zero-order valence-corrected chi connectivity index (χ0v) is 16.9. The number of hydrogen-bond donors (Lipinski definition) is 1. The van der Waals surface area contributed by atoms with Gasteiger partial charge in [0.2, 0.25) is 10.0 Å². The fraction of sp³-hybridized carbons (Fsp3) is 0.368. The lowest BCUT2D eigenvalue weighted by molar-refractivity contribution is 0.0764. The minimum absolute atomic E-state index is 0.0639. The van der Waals surface area contributed by atoms with Crippen LogP contribution in [0.3, 0.4) is 0 Å². The molecule has 0 aliphatic carbocycles. The van der Waals surface area contributed by atoms with E-state index in [2.05, 4.69) is 5.32 Å². The molecule has 1 N–H and O–H groups in total. The van der Waals surface area contributed by atoms with Crippen molar-refractivity contribution in [2.45, 2.75) is 17.7 Å². The van der Waals surface area contributed by atoms with Gasteiger partial charge in [0.15, 0.2) is 0 Å². The van der Waals surface area contributed by atoms with E-state index in [-0.39, 0.29) is 23.3 Å². The summed E-state index contributed by atoms with van der Waals surface area (Å²) in [7, 11) is -3.73. The van der Waals surface area contributed by atoms with Gasteiger partial charge in [-0.3, -0.25) is 9.59 Å². The van der Waals surface area contributed by atoms with Crippen molar-refractivity contribution >= 4 is 33.2 Å². The topological polar surface area (TPSA) is 86.8 Å². The first kappa shape index (κ1) is 19.1. The monoisotopic (exact) mass is 419 g/mol. The molecule has 0 atom stereocenters. The predicted molar refractivity (Wildman–Crippen MR) is 106 cm³/mol. The Morgan fingerprint density at radius 1 is 1.11 bits per heavy atom. The summed E-state index contributed by atoms with van der Waals surface area (Å²) in [6, 6.07) is 6.56. The number of benzene rings is 1. The lowest BCUT2D eigenvalue weighted by Gasteiger charge is -2.23. The SMILES string of the molecule is O=C1NCCc2ccc(S(=O)(=O)N3CCCN(C(=O)c4ccsc4)CC3)cc21. The van der Waals surface area contributed by atoms with Gasteiger partial charge in [0.1, 0.15) is 0 Å². The van der Waals surface area contributed by atoms with Crippen LogP contribution in [0.2, 0.25) is 0 Å². The van der Waals surface area contributed by atoms with E-state index in [4.69, 9.17) is 0 Å². The van der Waals surface area contributed by atoms with Crippen LogP contribution >= 0.6 is 11.3 Å². The maximum Gasteiger partial charge on any atom is 0.254 e. The van der Waals surface area contributed by atoms with Crippen LogP contribution < -0.4 is 5.32 Å². The molecule has 2 aliphatic heterocycles. The Kier molecular flexibility index (Phi) is 5.22. The number of nitrogens with one attached hydrogen (secondary N) is 1. The van der Waals surface area contributed by atoms with Gasteiger partial charge in [-0.2, -0.15) is 15.6 Å². The minimum Gasteiger partial charge on any atom is -0.352 e. The Morgan fingerprint density at radius 3 is 2.75 bits per heavy atom. The van der Waals surface area contributed by atoms with Gasteiger partial charge in [0.25, 0.3) is 11.8 Å². The zero-order valence-electron chi connectivity index (χ0n) is 15.3. The van der Waals surface area contributed by atoms with Crippen LogP contribution in [-0.2, 0) is 16.4 Å². The molecule has 0 spiro atoms. The van der Waals surface area contributed by atoms with E-state index in [1.807, 2.05) is 5.38 Å². The smallest absolute Gasteiger partial charge is 0.254 e. The normalized spacial score (nSPS) is 18.3. The minimum atomic E-state index is -3.73. The summed E-state index contributed by atoms with van der Waals surface area (Å²) in [5.41, 5.74) is 1.93. The number of hydrogen-bond acceptors (Lipinski definition) is 5. The Balaban J connectivity index is 1.53. The fourth-order valence-corrected chi connectivity index (χ4v) is 5.73. The maximum atomic E-state index is 13.1. The number of amides is 2. The second-order valence-electron chi connectivity index (χ2n) is 6.89. The van der Waals surface area contributed by atoms with Gasteiger partial charge in [-0.25, -0.2) is 8.42 Å². The van der Waals surface area contributed by atoms with Crippen LogP contribution in [0.1, 0.15) is 32.7 Å². The number of sulfonamides is 1. The molecule has 3 heterocycles. The lowest BCUT2D eigenvalue weighted by atomic mass is 10.0. The predicted octanol–water partition coefficient (Wildman–Crippen LogP) is 1.57. The van der Waals surface area contributed by atoms with E-state index in [0.717, 1.165) is 5.56 Å². The van der Waals surface area contributed by atoms with Crippen LogP contribution in [0.25, 0.3) is 0 Å². The summed E-state index contributed by atoms with van der Waals surface area (Å²) < 4.78 is 27.7. The lowest BCUT2D eigenvalue weighted by Crippen LogP contribution is -2.37. The molecular weight excluding hydrogens is 398 g/mol. The third-order valence-corrected chi connectivity index (χ3v) is 7.73. The van der Waals surface area contributed by atoms with Gasteiger partial charge >= 0.3 is 0 Å². The maximum absolute atomic E-state index is 13.1. The molecule has 0 radical (unpaired) electrons. The fourth-order valence-electron chi connectivity index (χ4n) is 3.61. The second-order valence-corrected chi connectivity index (χ2v) is 9.60. The molecule has 1 saturated heterocycles. The number of nitrogens with zero attached hydrogens (tertiary/aromatic N) is 2. The molecule has 0 saturated carbocycles. The van der Waals surface area contributed by atoms with Gasteiger partial charge in [-0.05, 0) is 42.0 Å². The van der Waals surface area contributed by atoms with Gasteiger partial charge < -0.3 is 10.2 Å². The van der Waals surface area contributed by atoms with Crippen LogP contribution in [-0.4, -0.2) is 62.2 Å². The average molecular weight is 420 g/mol. The molecule has 0 bridgehead atoms. The molecule has 2 amide bonds. The number of fused-ring (bicyclic) bond motifs is 1. The molecule has 7 nitrogen and oxygen atoms in total. The summed E-state index contributed by atoms with van der Waals surface area (Å²) >= 11 is 1.46. The molecule has 1 fully saturated rings. The van der Waals surface area contributed by atoms with Crippen LogP contribution in [0, 0.1) is 0 Å². The molecule has 0 unspecified atom stereocenters. The first-order valence-corrected chi connectivity index (χ1v) is 11.6. The van der Waals surface area contributed by atoms with E-state index < -0.39 is 10.0 Å². The van der Waals surface area contributed by atoms with Crippen LogP contribution in [0.5, 0.6) is 0 Å². The van der Waals surface area contributed by atoms with Crippen molar-refractivity contribution in [2.24, 2.45) is 0 Å². The summed E-state index contributed by atoms with van der Waals surface area (Å²) in [6.07, 6.45) is 1.27. The summed E-state index contributed by atoms with van der Waals surface area (Å²) in [4.78, 5) is 26.5. The van der Waals surface area contributed by atoms with Crippen molar-refractivity contribution in [1.29, 1.82) is 0 Å². The van der Waals surface area contributed by atoms with Gasteiger partial charge in [0, 0.05) is 43.7 Å². The van der Waals surface area contributed by atoms with Gasteiger partial charge in [-0.15, -0.1) is 0 Å².